The van der Waals surface area contributed by atoms with Crippen molar-refractivity contribution in [2.75, 3.05) is 13.1 Å². The molecule has 1 rings (SSSR count). The third-order valence-electron chi connectivity index (χ3n) is 2.22. The van der Waals surface area contributed by atoms with Gasteiger partial charge in [0.05, 0.1) is 12.1 Å². The zero-order valence-corrected chi connectivity index (χ0v) is 10.3. The van der Waals surface area contributed by atoms with Gasteiger partial charge in [-0.1, -0.05) is 24.4 Å². The molecule has 0 aliphatic heterocycles. The van der Waals surface area contributed by atoms with Crippen LogP contribution in [-0.2, 0) is 0 Å². The van der Waals surface area contributed by atoms with Crippen molar-refractivity contribution in [1.82, 2.24) is 4.90 Å². The minimum absolute atomic E-state index is 0.0406. The molecule has 0 aliphatic carbocycles. The summed E-state index contributed by atoms with van der Waals surface area (Å²) in [7, 11) is 0. The lowest BCUT2D eigenvalue weighted by Gasteiger charge is -2.19. The topological polar surface area (TPSA) is 20.3 Å². The Bertz CT molecular complexity index is 453. The number of nitrogens with zero attached hydrogens (tertiary/aromatic N) is 1. The summed E-state index contributed by atoms with van der Waals surface area (Å²) in [6.45, 7) is 2.58. The lowest BCUT2D eigenvalue weighted by molar-refractivity contribution is 0.0772. The zero-order valence-electron chi connectivity index (χ0n) is 9.54. The molecule has 17 heavy (non-hydrogen) atoms. The predicted octanol–water partition coefficient (Wildman–Crippen LogP) is 2.96. The number of amides is 1. The van der Waals surface area contributed by atoms with Crippen molar-refractivity contribution in [3.63, 3.8) is 0 Å². The first-order chi connectivity index (χ1) is 8.10. The number of hydrogen-bond acceptors (Lipinski definition) is 1. The molecule has 0 heterocycles. The average molecular weight is 254 g/mol. The van der Waals surface area contributed by atoms with Crippen molar-refractivity contribution in [3.8, 4) is 12.3 Å². The molecule has 4 heteroatoms. The highest BCUT2D eigenvalue weighted by atomic mass is 35.5. The van der Waals surface area contributed by atoms with Gasteiger partial charge in [-0.2, -0.15) is 0 Å². The Balaban J connectivity index is 3.00. The third kappa shape index (κ3) is 3.47. The van der Waals surface area contributed by atoms with E-state index in [1.807, 2.05) is 6.92 Å². The molecule has 90 valence electrons. The van der Waals surface area contributed by atoms with Crippen molar-refractivity contribution in [2.45, 2.75) is 13.3 Å². The molecule has 0 fully saturated rings. The smallest absolute Gasteiger partial charge is 0.257 e. The van der Waals surface area contributed by atoms with Crippen molar-refractivity contribution < 1.29 is 9.18 Å². The molecule has 0 saturated heterocycles. The van der Waals surface area contributed by atoms with E-state index < -0.39 is 11.7 Å². The second kappa shape index (κ2) is 6.27. The molecule has 0 N–H and O–H groups in total. The highest BCUT2D eigenvalue weighted by molar-refractivity contribution is 6.31. The normalized spacial score (nSPS) is 9.76. The van der Waals surface area contributed by atoms with E-state index in [0.717, 1.165) is 6.42 Å². The Kier molecular flexibility index (Phi) is 4.99. The molecule has 0 atom stereocenters. The average Bonchev–Trinajstić information content (AvgIpc) is 2.31. The molecule has 1 aromatic rings. The Morgan fingerprint density at radius 1 is 1.59 bits per heavy atom. The molecular weight excluding hydrogens is 241 g/mol. The summed E-state index contributed by atoms with van der Waals surface area (Å²) in [5.41, 5.74) is -0.0406. The van der Waals surface area contributed by atoms with Crippen molar-refractivity contribution in [1.29, 1.82) is 0 Å². The fourth-order valence-electron chi connectivity index (χ4n) is 1.46. The molecule has 0 spiro atoms. The van der Waals surface area contributed by atoms with Crippen LogP contribution in [0.4, 0.5) is 4.39 Å². The first-order valence-electron chi connectivity index (χ1n) is 5.28. The highest BCUT2D eigenvalue weighted by Gasteiger charge is 2.18. The number of carbonyl (C=O) groups is 1. The van der Waals surface area contributed by atoms with E-state index in [-0.39, 0.29) is 12.1 Å². The largest absolute Gasteiger partial charge is 0.327 e. The standard InChI is InChI=1S/C13H13ClFNO/c1-3-7-16(8-4-2)13(17)11-9-10(14)5-6-12(11)15/h1,5-6,9H,4,7-8H2,2H3. The Hall–Kier alpha value is -1.53. The molecule has 0 radical (unpaired) electrons. The zero-order chi connectivity index (χ0) is 12.8. The number of carbonyl (C=O) groups excluding carboxylic acids is 1. The van der Waals surface area contributed by atoms with E-state index >= 15 is 0 Å². The van der Waals surface area contributed by atoms with Gasteiger partial charge in [0.15, 0.2) is 0 Å². The van der Waals surface area contributed by atoms with Gasteiger partial charge in [0, 0.05) is 11.6 Å². The van der Waals surface area contributed by atoms with Crippen LogP contribution in [0.5, 0.6) is 0 Å². The van der Waals surface area contributed by atoms with Gasteiger partial charge >= 0.3 is 0 Å². The third-order valence-corrected chi connectivity index (χ3v) is 2.46. The number of halogens is 2. The lowest BCUT2D eigenvalue weighted by atomic mass is 10.2. The summed E-state index contributed by atoms with van der Waals surface area (Å²) >= 11 is 5.74. The molecule has 1 aromatic carbocycles. The number of benzene rings is 1. The molecule has 0 saturated carbocycles. The first-order valence-corrected chi connectivity index (χ1v) is 5.65. The van der Waals surface area contributed by atoms with Crippen LogP contribution in [0.25, 0.3) is 0 Å². The van der Waals surface area contributed by atoms with Crippen LogP contribution in [0, 0.1) is 18.2 Å². The summed E-state index contributed by atoms with van der Waals surface area (Å²) in [6, 6.07) is 3.90. The minimum atomic E-state index is -0.586. The fraction of sp³-hybridized carbons (Fsp3) is 0.308. The summed E-state index contributed by atoms with van der Waals surface area (Å²) in [6.07, 6.45) is 5.94. The van der Waals surface area contributed by atoms with Crippen molar-refractivity contribution in [2.24, 2.45) is 0 Å². The van der Waals surface area contributed by atoms with Gasteiger partial charge < -0.3 is 4.90 Å². The Morgan fingerprint density at radius 3 is 2.88 bits per heavy atom. The predicted molar refractivity (Wildman–Crippen MR) is 66.4 cm³/mol. The maximum absolute atomic E-state index is 13.5. The van der Waals surface area contributed by atoms with Crippen LogP contribution < -0.4 is 0 Å². The number of hydrogen-bond donors (Lipinski definition) is 0. The molecule has 0 aliphatic rings. The van der Waals surface area contributed by atoms with Crippen LogP contribution in [0.15, 0.2) is 18.2 Å². The van der Waals surface area contributed by atoms with Crippen LogP contribution in [0.3, 0.4) is 0 Å². The van der Waals surface area contributed by atoms with Gasteiger partial charge in [-0.05, 0) is 24.6 Å². The molecule has 0 unspecified atom stereocenters. The van der Waals surface area contributed by atoms with Gasteiger partial charge in [-0.3, -0.25) is 4.79 Å². The van der Waals surface area contributed by atoms with Crippen molar-refractivity contribution >= 4 is 17.5 Å². The van der Waals surface area contributed by atoms with E-state index in [2.05, 4.69) is 5.92 Å². The summed E-state index contributed by atoms with van der Waals surface area (Å²) in [4.78, 5) is 13.5. The molecule has 2 nitrogen and oxygen atoms in total. The van der Waals surface area contributed by atoms with Gasteiger partial charge in [0.25, 0.3) is 5.91 Å². The van der Waals surface area contributed by atoms with E-state index in [0.29, 0.717) is 11.6 Å². The maximum atomic E-state index is 13.5. The Morgan fingerprint density at radius 2 is 2.29 bits per heavy atom. The highest BCUT2D eigenvalue weighted by Crippen LogP contribution is 2.16. The molecule has 1 amide bonds. The van der Waals surface area contributed by atoms with Crippen LogP contribution in [-0.4, -0.2) is 23.9 Å². The molecular formula is C13H13ClFNO. The maximum Gasteiger partial charge on any atom is 0.257 e. The molecule has 0 aromatic heterocycles. The number of rotatable bonds is 4. The second-order valence-electron chi connectivity index (χ2n) is 3.56. The summed E-state index contributed by atoms with van der Waals surface area (Å²) in [5.74, 6) is 1.38. The van der Waals surface area contributed by atoms with Gasteiger partial charge in [-0.25, -0.2) is 4.39 Å². The van der Waals surface area contributed by atoms with E-state index in [9.17, 15) is 9.18 Å². The van der Waals surface area contributed by atoms with Gasteiger partial charge in [0.1, 0.15) is 5.82 Å². The quantitative estimate of drug-likeness (QED) is 0.756. The summed E-state index contributed by atoms with van der Waals surface area (Å²) in [5, 5.41) is 0.326. The van der Waals surface area contributed by atoms with Gasteiger partial charge in [0.2, 0.25) is 0 Å². The van der Waals surface area contributed by atoms with Crippen LogP contribution >= 0.6 is 11.6 Å². The minimum Gasteiger partial charge on any atom is -0.327 e. The second-order valence-corrected chi connectivity index (χ2v) is 3.99. The lowest BCUT2D eigenvalue weighted by Crippen LogP contribution is -2.32. The number of terminal acetylenes is 1. The van der Waals surface area contributed by atoms with Crippen molar-refractivity contribution in [3.05, 3.63) is 34.6 Å². The molecule has 0 bridgehead atoms. The fourth-order valence-corrected chi connectivity index (χ4v) is 1.64. The monoisotopic (exact) mass is 253 g/mol. The van der Waals surface area contributed by atoms with E-state index in [1.165, 1.54) is 23.1 Å². The SMILES string of the molecule is C#CCN(CCC)C(=O)c1cc(Cl)ccc1F. The Labute approximate surface area is 105 Å². The van der Waals surface area contributed by atoms with E-state index in [1.54, 1.807) is 0 Å². The summed E-state index contributed by atoms with van der Waals surface area (Å²) < 4.78 is 13.5. The first kappa shape index (κ1) is 13.5. The van der Waals surface area contributed by atoms with Gasteiger partial charge in [-0.15, -0.1) is 6.42 Å². The van der Waals surface area contributed by atoms with Crippen LogP contribution in [0.2, 0.25) is 5.02 Å². The van der Waals surface area contributed by atoms with E-state index in [4.69, 9.17) is 18.0 Å². The van der Waals surface area contributed by atoms with Crippen LogP contribution in [0.1, 0.15) is 23.7 Å².